The Morgan fingerprint density at radius 2 is 1.79 bits per heavy atom. The molecular formula is C19H29Cl2FN4O2. The van der Waals surface area contributed by atoms with E-state index in [2.05, 4.69) is 15.5 Å². The molecule has 2 saturated heterocycles. The predicted molar refractivity (Wildman–Crippen MR) is 113 cm³/mol. The van der Waals surface area contributed by atoms with Crippen LogP contribution in [0.2, 0.25) is 0 Å². The van der Waals surface area contributed by atoms with Crippen LogP contribution in [0.15, 0.2) is 24.3 Å². The second-order valence-corrected chi connectivity index (χ2v) is 7.24. The molecule has 0 bridgehead atoms. The molecule has 6 nitrogen and oxygen atoms in total. The number of amides is 2. The number of nitrogens with one attached hydrogen (secondary N) is 2. The van der Waals surface area contributed by atoms with Gasteiger partial charge in [-0.1, -0.05) is 13.0 Å². The number of benzene rings is 1. The number of carbonyl (C=O) groups excluding carboxylic acids is 2. The average Bonchev–Trinajstić information content (AvgIpc) is 2.59. The molecule has 2 heterocycles. The lowest BCUT2D eigenvalue weighted by atomic mass is 9.88. The molecule has 2 aliphatic rings. The highest BCUT2D eigenvalue weighted by molar-refractivity contribution is 5.94. The van der Waals surface area contributed by atoms with Gasteiger partial charge in [-0.15, -0.1) is 24.8 Å². The van der Waals surface area contributed by atoms with Crippen molar-refractivity contribution in [3.63, 3.8) is 0 Å². The molecule has 2 fully saturated rings. The quantitative estimate of drug-likeness (QED) is 0.743. The van der Waals surface area contributed by atoms with Gasteiger partial charge in [0, 0.05) is 37.8 Å². The number of carbonyl (C=O) groups is 2. The van der Waals surface area contributed by atoms with E-state index in [1.807, 2.05) is 18.7 Å². The largest absolute Gasteiger partial charge is 0.340 e. The van der Waals surface area contributed by atoms with Crippen molar-refractivity contribution in [1.82, 2.24) is 15.1 Å². The van der Waals surface area contributed by atoms with E-state index in [4.69, 9.17) is 0 Å². The third-order valence-electron chi connectivity index (χ3n) is 5.55. The Labute approximate surface area is 178 Å². The van der Waals surface area contributed by atoms with E-state index in [0.29, 0.717) is 37.8 Å². The maximum atomic E-state index is 13.2. The topological polar surface area (TPSA) is 64.7 Å². The van der Waals surface area contributed by atoms with E-state index in [1.54, 1.807) is 12.1 Å². The number of hydrogen-bond acceptors (Lipinski definition) is 4. The molecule has 1 aromatic carbocycles. The van der Waals surface area contributed by atoms with E-state index in [9.17, 15) is 14.0 Å². The molecule has 0 aliphatic carbocycles. The van der Waals surface area contributed by atoms with Crippen molar-refractivity contribution in [2.24, 2.45) is 11.8 Å². The molecular weight excluding hydrogens is 406 g/mol. The zero-order valence-electron chi connectivity index (χ0n) is 16.2. The summed E-state index contributed by atoms with van der Waals surface area (Å²) in [7, 11) is 0. The molecule has 2 aliphatic heterocycles. The third-order valence-corrected chi connectivity index (χ3v) is 5.55. The van der Waals surface area contributed by atoms with Crippen molar-refractivity contribution in [1.29, 1.82) is 0 Å². The second kappa shape index (κ2) is 11.0. The SMILES string of the molecule is CC(C(=O)N1CCN(C(C)C(=O)Nc2cccc(F)c2)CC1)C1CNC1.Cl.Cl. The van der Waals surface area contributed by atoms with Crippen LogP contribution < -0.4 is 10.6 Å². The van der Waals surface area contributed by atoms with Gasteiger partial charge in [0.25, 0.3) is 0 Å². The molecule has 3 rings (SSSR count). The standard InChI is InChI=1S/C19H27FN4O2.2ClH/c1-13(15-11-21-12-15)19(26)24-8-6-23(7-9-24)14(2)18(25)22-17-5-3-4-16(20)10-17;;/h3-5,10,13-15,21H,6-9,11-12H2,1-2H3,(H,22,25);2*1H. The van der Waals surface area contributed by atoms with Crippen LogP contribution in [-0.2, 0) is 9.59 Å². The highest BCUT2D eigenvalue weighted by Crippen LogP contribution is 2.20. The summed E-state index contributed by atoms with van der Waals surface area (Å²) in [4.78, 5) is 29.0. The Hall–Kier alpha value is -1.41. The van der Waals surface area contributed by atoms with Crippen LogP contribution in [0.25, 0.3) is 0 Å². The van der Waals surface area contributed by atoms with Gasteiger partial charge in [-0.3, -0.25) is 14.5 Å². The van der Waals surface area contributed by atoms with Gasteiger partial charge in [-0.2, -0.15) is 0 Å². The van der Waals surface area contributed by atoms with Crippen molar-refractivity contribution in [3.8, 4) is 0 Å². The first-order valence-electron chi connectivity index (χ1n) is 9.25. The first-order chi connectivity index (χ1) is 12.5. The van der Waals surface area contributed by atoms with Gasteiger partial charge in [-0.25, -0.2) is 4.39 Å². The summed E-state index contributed by atoms with van der Waals surface area (Å²) in [5.41, 5.74) is 0.457. The number of piperazine rings is 1. The molecule has 158 valence electrons. The Kier molecular flexibility index (Phi) is 9.63. The monoisotopic (exact) mass is 434 g/mol. The van der Waals surface area contributed by atoms with Crippen molar-refractivity contribution in [2.45, 2.75) is 19.9 Å². The van der Waals surface area contributed by atoms with E-state index in [0.717, 1.165) is 13.1 Å². The lowest BCUT2D eigenvalue weighted by Crippen LogP contribution is -2.57. The van der Waals surface area contributed by atoms with Crippen molar-refractivity contribution in [2.75, 3.05) is 44.6 Å². The van der Waals surface area contributed by atoms with Crippen LogP contribution in [-0.4, -0.2) is 66.9 Å². The molecule has 0 aromatic heterocycles. The third kappa shape index (κ3) is 5.80. The number of rotatable bonds is 5. The smallest absolute Gasteiger partial charge is 0.241 e. The summed E-state index contributed by atoms with van der Waals surface area (Å²) >= 11 is 0. The summed E-state index contributed by atoms with van der Waals surface area (Å²) in [5, 5.41) is 5.96. The number of anilines is 1. The van der Waals surface area contributed by atoms with Crippen LogP contribution in [0.1, 0.15) is 13.8 Å². The Morgan fingerprint density at radius 1 is 1.14 bits per heavy atom. The molecule has 0 spiro atoms. The number of nitrogens with zero attached hydrogens (tertiary/aromatic N) is 2. The highest BCUT2D eigenvalue weighted by atomic mass is 35.5. The van der Waals surface area contributed by atoms with Gasteiger partial charge >= 0.3 is 0 Å². The van der Waals surface area contributed by atoms with Gasteiger partial charge in [0.1, 0.15) is 5.82 Å². The zero-order valence-corrected chi connectivity index (χ0v) is 17.8. The molecule has 2 amide bonds. The molecule has 2 N–H and O–H groups in total. The van der Waals surface area contributed by atoms with Crippen molar-refractivity contribution >= 4 is 42.3 Å². The lowest BCUT2D eigenvalue weighted by Gasteiger charge is -2.40. The fourth-order valence-corrected chi connectivity index (χ4v) is 3.46. The fourth-order valence-electron chi connectivity index (χ4n) is 3.46. The van der Waals surface area contributed by atoms with Gasteiger partial charge in [0.05, 0.1) is 6.04 Å². The van der Waals surface area contributed by atoms with E-state index >= 15 is 0 Å². The Morgan fingerprint density at radius 3 is 2.32 bits per heavy atom. The molecule has 28 heavy (non-hydrogen) atoms. The first-order valence-corrected chi connectivity index (χ1v) is 9.25. The van der Waals surface area contributed by atoms with Crippen molar-refractivity contribution in [3.05, 3.63) is 30.1 Å². The maximum absolute atomic E-state index is 13.2. The molecule has 9 heteroatoms. The van der Waals surface area contributed by atoms with Crippen LogP contribution in [0.3, 0.4) is 0 Å². The molecule has 0 saturated carbocycles. The fraction of sp³-hybridized carbons (Fsp3) is 0.579. The Bertz CT molecular complexity index is 667. The van der Waals surface area contributed by atoms with Gasteiger partial charge in [-0.05, 0) is 44.1 Å². The normalized spacial score (nSPS) is 19.5. The van der Waals surface area contributed by atoms with Gasteiger partial charge in [0.2, 0.25) is 11.8 Å². The van der Waals surface area contributed by atoms with E-state index < -0.39 is 0 Å². The molecule has 1 aromatic rings. The predicted octanol–water partition coefficient (Wildman–Crippen LogP) is 2.00. The van der Waals surface area contributed by atoms with Gasteiger partial charge in [0.15, 0.2) is 0 Å². The molecule has 0 radical (unpaired) electrons. The summed E-state index contributed by atoms with van der Waals surface area (Å²) in [6.45, 7) is 8.30. The summed E-state index contributed by atoms with van der Waals surface area (Å²) in [6.07, 6.45) is 0. The lowest BCUT2D eigenvalue weighted by molar-refractivity contribution is -0.139. The number of hydrogen-bond donors (Lipinski definition) is 2. The second-order valence-electron chi connectivity index (χ2n) is 7.24. The average molecular weight is 435 g/mol. The van der Waals surface area contributed by atoms with Crippen molar-refractivity contribution < 1.29 is 14.0 Å². The van der Waals surface area contributed by atoms with Crippen LogP contribution >= 0.6 is 24.8 Å². The van der Waals surface area contributed by atoms with Crippen LogP contribution in [0.4, 0.5) is 10.1 Å². The summed E-state index contributed by atoms with van der Waals surface area (Å²) < 4.78 is 13.2. The zero-order chi connectivity index (χ0) is 18.7. The number of halogens is 3. The Balaban J connectivity index is 0.00000196. The van der Waals surface area contributed by atoms with Gasteiger partial charge < -0.3 is 15.5 Å². The molecule has 2 unspecified atom stereocenters. The first kappa shape index (κ1) is 24.6. The van der Waals surface area contributed by atoms with E-state index in [-0.39, 0.29) is 54.4 Å². The minimum atomic E-state index is -0.377. The maximum Gasteiger partial charge on any atom is 0.241 e. The minimum absolute atomic E-state index is 0. The minimum Gasteiger partial charge on any atom is -0.340 e. The van der Waals surface area contributed by atoms with Crippen LogP contribution in [0.5, 0.6) is 0 Å². The summed E-state index contributed by atoms with van der Waals surface area (Å²) in [5.74, 6) is 0.170. The summed E-state index contributed by atoms with van der Waals surface area (Å²) in [6, 6.07) is 5.55. The molecule has 2 atom stereocenters. The van der Waals surface area contributed by atoms with E-state index in [1.165, 1.54) is 12.1 Å². The highest BCUT2D eigenvalue weighted by Gasteiger charge is 2.34. The van der Waals surface area contributed by atoms with Crippen LogP contribution in [0, 0.1) is 17.7 Å².